The van der Waals surface area contributed by atoms with Gasteiger partial charge in [0.25, 0.3) is 0 Å². The normalized spacial score (nSPS) is 14.1. The Balaban J connectivity index is 4.04. The molecule has 0 amide bonds. The van der Waals surface area contributed by atoms with Crippen molar-refractivity contribution in [2.24, 2.45) is 0 Å². The van der Waals surface area contributed by atoms with Gasteiger partial charge in [0.2, 0.25) is 0 Å². The van der Waals surface area contributed by atoms with Crippen molar-refractivity contribution in [2.45, 2.75) is 13.8 Å². The monoisotopic (exact) mass is 216 g/mol. The van der Waals surface area contributed by atoms with Gasteiger partial charge in [-0.2, -0.15) is 0 Å². The van der Waals surface area contributed by atoms with E-state index in [0.29, 0.717) is 11.1 Å². The molecule has 0 aromatic carbocycles. The quantitative estimate of drug-likeness (QED) is 0.388. The zero-order valence-electron chi connectivity index (χ0n) is 9.59. The zero-order chi connectivity index (χ0) is 12.2. The Morgan fingerprint density at radius 3 is 1.25 bits per heavy atom. The molecule has 0 rings (SSSR count). The molecule has 0 saturated heterocycles. The summed E-state index contributed by atoms with van der Waals surface area (Å²) >= 11 is 0. The van der Waals surface area contributed by atoms with Crippen molar-refractivity contribution < 1.29 is 9.59 Å². The Hall–Kier alpha value is -1.96. The summed E-state index contributed by atoms with van der Waals surface area (Å²) in [5.41, 5.74) is 1.37. The van der Waals surface area contributed by atoms with Crippen LogP contribution in [0.1, 0.15) is 13.8 Å². The first-order valence-electron chi connectivity index (χ1n) is 4.96. The van der Waals surface area contributed by atoms with Crippen LogP contribution in [0.15, 0.2) is 59.8 Å². The van der Waals surface area contributed by atoms with Crippen molar-refractivity contribution in [3.05, 3.63) is 59.8 Å². The summed E-state index contributed by atoms with van der Waals surface area (Å²) in [6.45, 7) is 3.49. The maximum absolute atomic E-state index is 10.2. The van der Waals surface area contributed by atoms with E-state index >= 15 is 0 Å². The van der Waals surface area contributed by atoms with Crippen molar-refractivity contribution in [3.8, 4) is 0 Å². The third-order valence-electron chi connectivity index (χ3n) is 1.65. The van der Waals surface area contributed by atoms with Gasteiger partial charge in [0.15, 0.2) is 0 Å². The Bertz CT molecular complexity index is 330. The number of hydrogen-bond acceptors (Lipinski definition) is 2. The number of carbonyl (C=O) groups is 2. The molecule has 2 nitrogen and oxygen atoms in total. The van der Waals surface area contributed by atoms with Crippen LogP contribution in [-0.4, -0.2) is 12.6 Å². The summed E-state index contributed by atoms with van der Waals surface area (Å²) in [7, 11) is 0. The molecule has 0 saturated carbocycles. The molecule has 2 heteroatoms. The molecule has 0 spiro atoms. The van der Waals surface area contributed by atoms with E-state index in [-0.39, 0.29) is 0 Å². The molecule has 0 heterocycles. The van der Waals surface area contributed by atoms with Gasteiger partial charge in [-0.1, -0.05) is 48.6 Å². The van der Waals surface area contributed by atoms with Crippen LogP contribution in [0.3, 0.4) is 0 Å². The maximum Gasteiger partial charge on any atom is 0.145 e. The molecule has 84 valence electrons. The van der Waals surface area contributed by atoms with E-state index in [1.807, 2.05) is 24.3 Å². The second kappa shape index (κ2) is 9.59. The number of aldehydes is 2. The van der Waals surface area contributed by atoms with Gasteiger partial charge in [-0.15, -0.1) is 0 Å². The predicted octanol–water partition coefficient (Wildman–Crippen LogP) is 2.95. The number of carbonyl (C=O) groups excluding carboxylic acids is 2. The second-order valence-corrected chi connectivity index (χ2v) is 3.21. The highest BCUT2D eigenvalue weighted by Crippen LogP contribution is 1.90. The van der Waals surface area contributed by atoms with Crippen LogP contribution in [-0.2, 0) is 9.59 Å². The van der Waals surface area contributed by atoms with Gasteiger partial charge in [-0.3, -0.25) is 9.59 Å². The van der Waals surface area contributed by atoms with E-state index in [1.54, 1.807) is 38.2 Å². The predicted molar refractivity (Wildman–Crippen MR) is 67.1 cm³/mol. The van der Waals surface area contributed by atoms with E-state index in [9.17, 15) is 9.59 Å². The van der Waals surface area contributed by atoms with Crippen molar-refractivity contribution in [1.29, 1.82) is 0 Å². The largest absolute Gasteiger partial charge is 0.298 e. The van der Waals surface area contributed by atoms with Crippen molar-refractivity contribution in [3.63, 3.8) is 0 Å². The molecule has 0 unspecified atom stereocenters. The Morgan fingerprint density at radius 1 is 0.625 bits per heavy atom. The van der Waals surface area contributed by atoms with E-state index in [1.165, 1.54) is 0 Å². The molecule has 0 radical (unpaired) electrons. The van der Waals surface area contributed by atoms with Crippen LogP contribution in [0.25, 0.3) is 0 Å². The number of allylic oxidation sites excluding steroid dienone is 10. The van der Waals surface area contributed by atoms with E-state index in [2.05, 4.69) is 0 Å². The highest BCUT2D eigenvalue weighted by atomic mass is 16.1. The summed E-state index contributed by atoms with van der Waals surface area (Å²) in [4.78, 5) is 20.5. The minimum absolute atomic E-state index is 0.685. The lowest BCUT2D eigenvalue weighted by atomic mass is 10.3. The molecule has 0 aliphatic rings. The molecular weight excluding hydrogens is 200 g/mol. The van der Waals surface area contributed by atoms with E-state index in [0.717, 1.165) is 12.6 Å². The molecule has 0 fully saturated rings. The summed E-state index contributed by atoms with van der Waals surface area (Å²) in [6, 6.07) is 0. The highest BCUT2D eigenvalue weighted by Gasteiger charge is 1.77. The average Bonchev–Trinajstić information content (AvgIpc) is 2.31. The molecule has 0 atom stereocenters. The first-order chi connectivity index (χ1) is 7.70. The Labute approximate surface area is 96.4 Å². The third-order valence-corrected chi connectivity index (χ3v) is 1.65. The summed E-state index contributed by atoms with van der Waals surface area (Å²) in [5.74, 6) is 0. The molecule has 0 aromatic heterocycles. The van der Waals surface area contributed by atoms with Crippen LogP contribution in [0, 0.1) is 0 Å². The lowest BCUT2D eigenvalue weighted by molar-refractivity contribution is -0.105. The van der Waals surface area contributed by atoms with E-state index in [4.69, 9.17) is 0 Å². The second-order valence-electron chi connectivity index (χ2n) is 3.21. The summed E-state index contributed by atoms with van der Waals surface area (Å²) in [5, 5.41) is 0. The minimum Gasteiger partial charge on any atom is -0.298 e. The Morgan fingerprint density at radius 2 is 0.938 bits per heavy atom. The minimum atomic E-state index is 0.685. The van der Waals surface area contributed by atoms with Gasteiger partial charge in [-0.05, 0) is 25.0 Å². The van der Waals surface area contributed by atoms with Crippen LogP contribution < -0.4 is 0 Å². The van der Waals surface area contributed by atoms with Crippen LogP contribution in [0.5, 0.6) is 0 Å². The first kappa shape index (κ1) is 14.0. The fraction of sp³-hybridized carbons (Fsp3) is 0.143. The van der Waals surface area contributed by atoms with Gasteiger partial charge in [-0.25, -0.2) is 0 Å². The van der Waals surface area contributed by atoms with Crippen LogP contribution in [0.2, 0.25) is 0 Å². The van der Waals surface area contributed by atoms with Gasteiger partial charge in [0, 0.05) is 0 Å². The molecule has 0 aliphatic heterocycles. The van der Waals surface area contributed by atoms with Crippen molar-refractivity contribution >= 4 is 12.6 Å². The lowest BCUT2D eigenvalue weighted by Gasteiger charge is -1.80. The number of rotatable bonds is 6. The fourth-order valence-electron chi connectivity index (χ4n) is 0.750. The highest BCUT2D eigenvalue weighted by molar-refractivity contribution is 5.73. The van der Waals surface area contributed by atoms with Crippen molar-refractivity contribution in [2.75, 3.05) is 0 Å². The van der Waals surface area contributed by atoms with Gasteiger partial charge in [0.05, 0.1) is 0 Å². The first-order valence-corrected chi connectivity index (χ1v) is 4.96. The topological polar surface area (TPSA) is 34.1 Å². The smallest absolute Gasteiger partial charge is 0.145 e. The third kappa shape index (κ3) is 8.63. The standard InChI is InChI=1S/C14H16O2/c1-13(11-15)9-7-5-3-4-6-8-10-14(2)12-16/h3-12H,1-2H3/b4-3+,7-5+,8-6+,13-9+,14-10+. The van der Waals surface area contributed by atoms with E-state index < -0.39 is 0 Å². The fourth-order valence-corrected chi connectivity index (χ4v) is 0.750. The zero-order valence-corrected chi connectivity index (χ0v) is 9.59. The Kier molecular flexibility index (Phi) is 8.41. The molecule has 0 aliphatic carbocycles. The average molecular weight is 216 g/mol. The SMILES string of the molecule is C\C(C=O)=C/C=C/C=C/C=C/C=C(\C)C=O. The molecular formula is C14H16O2. The molecule has 0 bridgehead atoms. The van der Waals surface area contributed by atoms with Gasteiger partial charge < -0.3 is 0 Å². The van der Waals surface area contributed by atoms with Gasteiger partial charge in [0.1, 0.15) is 12.6 Å². The molecule has 0 aromatic rings. The molecule has 16 heavy (non-hydrogen) atoms. The van der Waals surface area contributed by atoms with Crippen molar-refractivity contribution in [1.82, 2.24) is 0 Å². The maximum atomic E-state index is 10.2. The van der Waals surface area contributed by atoms with Crippen LogP contribution in [0.4, 0.5) is 0 Å². The summed E-state index contributed by atoms with van der Waals surface area (Å²) in [6.07, 6.45) is 16.0. The van der Waals surface area contributed by atoms with Gasteiger partial charge >= 0.3 is 0 Å². The summed E-state index contributed by atoms with van der Waals surface area (Å²) < 4.78 is 0. The lowest BCUT2D eigenvalue weighted by Crippen LogP contribution is -1.71. The van der Waals surface area contributed by atoms with Crippen LogP contribution >= 0.6 is 0 Å². The molecule has 0 N–H and O–H groups in total. The number of hydrogen-bond donors (Lipinski definition) is 0.